The fourth-order valence-corrected chi connectivity index (χ4v) is 3.17. The normalized spacial score (nSPS) is 15.1. The lowest BCUT2D eigenvalue weighted by molar-refractivity contribution is -0.119. The molecule has 1 aliphatic rings. The van der Waals surface area contributed by atoms with Gasteiger partial charge in [0.05, 0.1) is 0 Å². The molecule has 6 nitrogen and oxygen atoms in total. The first kappa shape index (κ1) is 15.2. The van der Waals surface area contributed by atoms with Crippen molar-refractivity contribution in [2.45, 2.75) is 44.7 Å². The van der Waals surface area contributed by atoms with Crippen molar-refractivity contribution in [2.75, 3.05) is 4.90 Å². The van der Waals surface area contributed by atoms with Gasteiger partial charge in [-0.05, 0) is 25.0 Å². The van der Waals surface area contributed by atoms with E-state index in [4.69, 9.17) is 5.26 Å². The van der Waals surface area contributed by atoms with Crippen LogP contribution < -0.4 is 4.90 Å². The molecule has 0 radical (unpaired) electrons. The molecular formula is C17H19N5O. The van der Waals surface area contributed by atoms with Crippen LogP contribution in [0.1, 0.15) is 37.9 Å². The van der Waals surface area contributed by atoms with Crippen LogP contribution in [-0.2, 0) is 11.3 Å². The molecule has 2 aromatic rings. The first-order valence-corrected chi connectivity index (χ1v) is 7.94. The molecule has 118 valence electrons. The molecular weight excluding hydrogens is 290 g/mol. The predicted molar refractivity (Wildman–Crippen MR) is 85.5 cm³/mol. The highest BCUT2D eigenvalue weighted by Gasteiger charge is 2.27. The third kappa shape index (κ3) is 3.39. The minimum Gasteiger partial charge on any atom is -0.308 e. The number of nitriles is 1. The molecule has 1 saturated carbocycles. The molecule has 1 aliphatic carbocycles. The summed E-state index contributed by atoms with van der Waals surface area (Å²) in [6.07, 6.45) is 7.01. The molecule has 23 heavy (non-hydrogen) atoms. The third-order valence-electron chi connectivity index (χ3n) is 4.26. The number of hydrogen-bond acceptors (Lipinski definition) is 4. The molecule has 1 fully saturated rings. The van der Waals surface area contributed by atoms with E-state index in [9.17, 15) is 4.79 Å². The first-order chi connectivity index (χ1) is 11.3. The summed E-state index contributed by atoms with van der Waals surface area (Å²) in [4.78, 5) is 14.8. The predicted octanol–water partition coefficient (Wildman–Crippen LogP) is 2.52. The van der Waals surface area contributed by atoms with Crippen molar-refractivity contribution >= 4 is 11.6 Å². The van der Waals surface area contributed by atoms with E-state index in [1.807, 2.05) is 41.3 Å². The van der Waals surface area contributed by atoms with Crippen molar-refractivity contribution in [1.82, 2.24) is 14.8 Å². The van der Waals surface area contributed by atoms with Gasteiger partial charge in [-0.3, -0.25) is 9.36 Å². The van der Waals surface area contributed by atoms with Crippen LogP contribution in [-0.4, -0.2) is 26.7 Å². The van der Waals surface area contributed by atoms with E-state index in [2.05, 4.69) is 10.2 Å². The average molecular weight is 309 g/mol. The SMILES string of the molecule is N#Cc1nncn1CC(=O)N(c1ccccc1)C1CCCCC1. The minimum absolute atomic E-state index is 0.0283. The summed E-state index contributed by atoms with van der Waals surface area (Å²) in [5, 5.41) is 16.5. The lowest BCUT2D eigenvalue weighted by Crippen LogP contribution is -2.43. The monoisotopic (exact) mass is 309 g/mol. The van der Waals surface area contributed by atoms with Crippen molar-refractivity contribution in [2.24, 2.45) is 0 Å². The molecule has 6 heteroatoms. The Kier molecular flexibility index (Phi) is 4.67. The highest BCUT2D eigenvalue weighted by molar-refractivity contribution is 5.93. The van der Waals surface area contributed by atoms with Gasteiger partial charge >= 0.3 is 0 Å². The fourth-order valence-electron chi connectivity index (χ4n) is 3.17. The Morgan fingerprint density at radius 2 is 2.00 bits per heavy atom. The molecule has 0 aliphatic heterocycles. The molecule has 0 atom stereocenters. The van der Waals surface area contributed by atoms with Gasteiger partial charge < -0.3 is 4.90 Å². The van der Waals surface area contributed by atoms with Crippen molar-refractivity contribution in [3.63, 3.8) is 0 Å². The second kappa shape index (κ2) is 7.05. The van der Waals surface area contributed by atoms with Gasteiger partial charge in [-0.15, -0.1) is 10.2 Å². The van der Waals surface area contributed by atoms with E-state index in [1.54, 1.807) is 0 Å². The summed E-state index contributed by atoms with van der Waals surface area (Å²) >= 11 is 0. The van der Waals surface area contributed by atoms with E-state index in [0.29, 0.717) is 0 Å². The number of anilines is 1. The van der Waals surface area contributed by atoms with E-state index < -0.39 is 0 Å². The molecule has 0 bridgehead atoms. The van der Waals surface area contributed by atoms with Crippen LogP contribution in [0.5, 0.6) is 0 Å². The van der Waals surface area contributed by atoms with Crippen LogP contribution in [0.3, 0.4) is 0 Å². The molecule has 0 unspecified atom stereocenters. The molecule has 0 spiro atoms. The quantitative estimate of drug-likeness (QED) is 0.869. The third-order valence-corrected chi connectivity index (χ3v) is 4.26. The van der Waals surface area contributed by atoms with Crippen molar-refractivity contribution in [3.05, 3.63) is 42.5 Å². The number of benzene rings is 1. The van der Waals surface area contributed by atoms with Crippen LogP contribution in [0.2, 0.25) is 0 Å². The lowest BCUT2D eigenvalue weighted by Gasteiger charge is -2.34. The Morgan fingerprint density at radius 3 is 2.70 bits per heavy atom. The molecule has 1 aromatic carbocycles. The average Bonchev–Trinajstić information content (AvgIpc) is 3.04. The highest BCUT2D eigenvalue weighted by atomic mass is 16.2. The van der Waals surface area contributed by atoms with Gasteiger partial charge in [-0.25, -0.2) is 0 Å². The fraction of sp³-hybridized carbons (Fsp3) is 0.412. The van der Waals surface area contributed by atoms with Crippen molar-refractivity contribution in [3.8, 4) is 6.07 Å². The van der Waals surface area contributed by atoms with Crippen LogP contribution in [0, 0.1) is 11.3 Å². The molecule has 1 amide bonds. The smallest absolute Gasteiger partial charge is 0.247 e. The Labute approximate surface area is 135 Å². The molecule has 0 saturated heterocycles. The second-order valence-electron chi connectivity index (χ2n) is 5.79. The van der Waals surface area contributed by atoms with Crippen LogP contribution >= 0.6 is 0 Å². The first-order valence-electron chi connectivity index (χ1n) is 7.94. The second-order valence-corrected chi connectivity index (χ2v) is 5.79. The van der Waals surface area contributed by atoms with Crippen molar-refractivity contribution < 1.29 is 4.79 Å². The Hall–Kier alpha value is -2.68. The highest BCUT2D eigenvalue weighted by Crippen LogP contribution is 2.27. The molecule has 3 rings (SSSR count). The number of rotatable bonds is 4. The van der Waals surface area contributed by atoms with E-state index in [1.165, 1.54) is 17.3 Å². The number of para-hydroxylation sites is 1. The zero-order valence-electron chi connectivity index (χ0n) is 12.9. The van der Waals surface area contributed by atoms with Gasteiger partial charge in [0.25, 0.3) is 0 Å². The molecule has 1 aromatic heterocycles. The topological polar surface area (TPSA) is 74.8 Å². The number of hydrogen-bond donors (Lipinski definition) is 0. The van der Waals surface area contributed by atoms with Gasteiger partial charge in [0.15, 0.2) is 0 Å². The van der Waals surface area contributed by atoms with E-state index >= 15 is 0 Å². The summed E-state index contributed by atoms with van der Waals surface area (Å²) in [6, 6.07) is 11.9. The van der Waals surface area contributed by atoms with Gasteiger partial charge in [0.2, 0.25) is 11.7 Å². The number of amides is 1. The Balaban J connectivity index is 1.85. The van der Waals surface area contributed by atoms with Gasteiger partial charge in [-0.2, -0.15) is 5.26 Å². The van der Waals surface area contributed by atoms with Crippen molar-refractivity contribution in [1.29, 1.82) is 5.26 Å². The maximum absolute atomic E-state index is 12.9. The summed E-state index contributed by atoms with van der Waals surface area (Å²) < 4.78 is 1.50. The number of aromatic nitrogens is 3. The van der Waals surface area contributed by atoms with E-state index in [-0.39, 0.29) is 24.3 Å². The zero-order valence-corrected chi connectivity index (χ0v) is 12.9. The van der Waals surface area contributed by atoms with Crippen LogP contribution in [0.15, 0.2) is 36.7 Å². The summed E-state index contributed by atoms with van der Waals surface area (Å²) in [5.74, 6) is 0.134. The minimum atomic E-state index is -0.0283. The van der Waals surface area contributed by atoms with E-state index in [0.717, 1.165) is 31.4 Å². The van der Waals surface area contributed by atoms with Crippen LogP contribution in [0.25, 0.3) is 0 Å². The molecule has 0 N–H and O–H groups in total. The number of carbonyl (C=O) groups is 1. The largest absolute Gasteiger partial charge is 0.308 e. The molecule has 1 heterocycles. The number of carbonyl (C=O) groups excluding carboxylic acids is 1. The lowest BCUT2D eigenvalue weighted by atomic mass is 9.93. The standard InChI is InChI=1S/C17H19N5O/c18-11-16-20-19-13-21(16)12-17(23)22(14-7-3-1-4-8-14)15-9-5-2-6-10-15/h1,3-4,7-8,13,15H,2,5-6,9-10,12H2. The Bertz CT molecular complexity index is 697. The summed E-state index contributed by atoms with van der Waals surface area (Å²) in [6.45, 7) is 0.0846. The van der Waals surface area contributed by atoms with Gasteiger partial charge in [0.1, 0.15) is 18.9 Å². The zero-order chi connectivity index (χ0) is 16.1. The van der Waals surface area contributed by atoms with Gasteiger partial charge in [-0.1, -0.05) is 37.5 Å². The summed E-state index contributed by atoms with van der Waals surface area (Å²) in [7, 11) is 0. The summed E-state index contributed by atoms with van der Waals surface area (Å²) in [5.41, 5.74) is 0.913. The Morgan fingerprint density at radius 1 is 1.26 bits per heavy atom. The maximum Gasteiger partial charge on any atom is 0.247 e. The van der Waals surface area contributed by atoms with Gasteiger partial charge in [0, 0.05) is 11.7 Å². The number of nitrogens with zero attached hydrogens (tertiary/aromatic N) is 5. The maximum atomic E-state index is 12.9. The van der Waals surface area contributed by atoms with Crippen LogP contribution in [0.4, 0.5) is 5.69 Å².